The van der Waals surface area contributed by atoms with Gasteiger partial charge in [0.25, 0.3) is 0 Å². The Labute approximate surface area is 81.9 Å². The minimum Gasteiger partial charge on any atom is -0.370 e. The molecule has 5 N–H and O–H groups in total. The van der Waals surface area contributed by atoms with Gasteiger partial charge in [-0.05, 0) is 6.42 Å². The van der Waals surface area contributed by atoms with Crippen LogP contribution in [0.4, 0.5) is 0 Å². The van der Waals surface area contributed by atoms with Gasteiger partial charge in [0.15, 0.2) is 0 Å². The maximum absolute atomic E-state index is 11.0. The number of nitrogens with one attached hydrogen (secondary N) is 1. The molecule has 0 saturated carbocycles. The van der Waals surface area contributed by atoms with E-state index >= 15 is 0 Å². The van der Waals surface area contributed by atoms with Crippen LogP contribution in [-0.4, -0.2) is 32.5 Å². The van der Waals surface area contributed by atoms with E-state index in [9.17, 15) is 18.0 Å². The van der Waals surface area contributed by atoms with Crippen LogP contribution in [-0.2, 0) is 19.6 Å². The Bertz CT molecular complexity index is 324. The molecule has 0 spiro atoms. The Morgan fingerprint density at radius 2 is 1.93 bits per heavy atom. The number of primary amides is 1. The predicted octanol–water partition coefficient (Wildman–Crippen LogP) is -2.34. The summed E-state index contributed by atoms with van der Waals surface area (Å²) in [7, 11) is -3.60. The molecule has 1 atom stereocenters. The first-order chi connectivity index (χ1) is 6.22. The van der Waals surface area contributed by atoms with Gasteiger partial charge < -0.3 is 11.5 Å². The minimum atomic E-state index is -3.60. The molecule has 0 aliphatic heterocycles. The Balaban J connectivity index is 4.07. The van der Waals surface area contributed by atoms with Crippen molar-refractivity contribution in [1.29, 1.82) is 0 Å². The molecular weight excluding hydrogens is 210 g/mol. The Morgan fingerprint density at radius 1 is 1.43 bits per heavy atom. The minimum absolute atomic E-state index is 0.0245. The van der Waals surface area contributed by atoms with E-state index in [0.717, 1.165) is 6.26 Å². The molecule has 0 saturated heterocycles. The molecule has 0 heterocycles. The molecule has 0 aliphatic carbocycles. The third kappa shape index (κ3) is 6.38. The van der Waals surface area contributed by atoms with Crippen molar-refractivity contribution in [3.63, 3.8) is 0 Å². The van der Waals surface area contributed by atoms with Gasteiger partial charge in [0.2, 0.25) is 21.8 Å². The normalized spacial score (nSPS) is 13.3. The summed E-state index contributed by atoms with van der Waals surface area (Å²) in [5.74, 6) is -1.43. The summed E-state index contributed by atoms with van der Waals surface area (Å²) in [4.78, 5) is 21.3. The fraction of sp³-hybridized carbons (Fsp3) is 0.667. The van der Waals surface area contributed by atoms with Gasteiger partial charge in [0.1, 0.15) is 0 Å². The van der Waals surface area contributed by atoms with E-state index in [0.29, 0.717) is 0 Å². The summed E-state index contributed by atoms with van der Waals surface area (Å²) in [6.45, 7) is 0. The predicted molar refractivity (Wildman–Crippen MR) is 49.4 cm³/mol. The molecule has 0 bridgehead atoms. The third-order valence-corrected chi connectivity index (χ3v) is 1.90. The number of amides is 2. The first-order valence-corrected chi connectivity index (χ1v) is 5.67. The van der Waals surface area contributed by atoms with Gasteiger partial charge in [0, 0.05) is 6.42 Å². The van der Waals surface area contributed by atoms with E-state index in [2.05, 4.69) is 0 Å². The van der Waals surface area contributed by atoms with Crippen LogP contribution < -0.4 is 16.2 Å². The van der Waals surface area contributed by atoms with Crippen molar-refractivity contribution in [3.05, 3.63) is 0 Å². The zero-order valence-corrected chi connectivity index (χ0v) is 8.50. The summed E-state index contributed by atoms with van der Waals surface area (Å²) in [6.07, 6.45) is 0.806. The molecule has 0 radical (unpaired) electrons. The summed E-state index contributed by atoms with van der Waals surface area (Å²) in [5.41, 5.74) is 10.1. The lowest BCUT2D eigenvalue weighted by molar-refractivity contribution is -0.121. The lowest BCUT2D eigenvalue weighted by Crippen LogP contribution is -2.43. The number of carbonyl (C=O) groups excluding carboxylic acids is 2. The van der Waals surface area contributed by atoms with Crippen molar-refractivity contribution in [2.75, 3.05) is 6.26 Å². The maximum atomic E-state index is 11.0. The van der Waals surface area contributed by atoms with Crippen LogP contribution in [0, 0.1) is 0 Å². The molecular formula is C6H13N3O4S. The highest BCUT2D eigenvalue weighted by Gasteiger charge is 2.17. The molecule has 0 fully saturated rings. The Hall–Kier alpha value is -1.15. The lowest BCUT2D eigenvalue weighted by atomic mass is 10.1. The molecule has 0 aromatic rings. The van der Waals surface area contributed by atoms with Gasteiger partial charge in [-0.3, -0.25) is 14.3 Å². The Morgan fingerprint density at radius 3 is 2.29 bits per heavy atom. The molecule has 0 aromatic heterocycles. The van der Waals surface area contributed by atoms with Crippen LogP contribution >= 0.6 is 0 Å². The van der Waals surface area contributed by atoms with Crippen LogP contribution in [0.3, 0.4) is 0 Å². The van der Waals surface area contributed by atoms with E-state index < -0.39 is 27.9 Å². The highest BCUT2D eigenvalue weighted by atomic mass is 32.2. The molecule has 0 rings (SSSR count). The molecule has 0 unspecified atom stereocenters. The smallest absolute Gasteiger partial charge is 0.250 e. The van der Waals surface area contributed by atoms with E-state index in [1.807, 2.05) is 0 Å². The van der Waals surface area contributed by atoms with E-state index in [-0.39, 0.29) is 12.8 Å². The number of nitrogens with two attached hydrogens (primary N) is 2. The average Bonchev–Trinajstić information content (AvgIpc) is 1.96. The van der Waals surface area contributed by atoms with Crippen molar-refractivity contribution in [2.45, 2.75) is 18.9 Å². The SMILES string of the molecule is CS(=O)(=O)NC(=O)[C@@H](N)CCC(N)=O. The third-order valence-electron chi connectivity index (χ3n) is 1.32. The van der Waals surface area contributed by atoms with Gasteiger partial charge in [-0.25, -0.2) is 8.42 Å². The van der Waals surface area contributed by atoms with Gasteiger partial charge in [-0.2, -0.15) is 0 Å². The topological polar surface area (TPSA) is 132 Å². The fourth-order valence-electron chi connectivity index (χ4n) is 0.687. The van der Waals surface area contributed by atoms with Crippen LogP contribution in [0.25, 0.3) is 0 Å². The van der Waals surface area contributed by atoms with Crippen LogP contribution in [0.15, 0.2) is 0 Å². The fourth-order valence-corrected chi connectivity index (χ4v) is 1.20. The monoisotopic (exact) mass is 223 g/mol. The Kier molecular flexibility index (Phi) is 4.51. The second-order valence-electron chi connectivity index (χ2n) is 2.85. The number of rotatable bonds is 5. The zero-order chi connectivity index (χ0) is 11.4. The van der Waals surface area contributed by atoms with E-state index in [4.69, 9.17) is 11.5 Å². The van der Waals surface area contributed by atoms with Crippen molar-refractivity contribution >= 4 is 21.8 Å². The van der Waals surface area contributed by atoms with Gasteiger partial charge in [-0.1, -0.05) is 0 Å². The largest absolute Gasteiger partial charge is 0.370 e. The highest BCUT2D eigenvalue weighted by Crippen LogP contribution is 1.94. The van der Waals surface area contributed by atoms with Crippen LogP contribution in [0.5, 0.6) is 0 Å². The summed E-state index contributed by atoms with van der Waals surface area (Å²) < 4.78 is 22.9. The van der Waals surface area contributed by atoms with Crippen LogP contribution in [0.1, 0.15) is 12.8 Å². The second-order valence-corrected chi connectivity index (χ2v) is 4.60. The molecule has 2 amide bonds. The molecule has 0 aromatic carbocycles. The first-order valence-electron chi connectivity index (χ1n) is 3.78. The van der Waals surface area contributed by atoms with Crippen molar-refractivity contribution in [2.24, 2.45) is 11.5 Å². The van der Waals surface area contributed by atoms with Crippen LogP contribution in [0.2, 0.25) is 0 Å². The molecule has 7 nitrogen and oxygen atoms in total. The molecule has 0 aliphatic rings. The maximum Gasteiger partial charge on any atom is 0.250 e. The van der Waals surface area contributed by atoms with E-state index in [1.54, 1.807) is 4.72 Å². The van der Waals surface area contributed by atoms with Gasteiger partial charge in [0.05, 0.1) is 12.3 Å². The molecule has 82 valence electrons. The number of sulfonamides is 1. The van der Waals surface area contributed by atoms with Gasteiger partial charge in [-0.15, -0.1) is 0 Å². The van der Waals surface area contributed by atoms with Gasteiger partial charge >= 0.3 is 0 Å². The number of carbonyl (C=O) groups is 2. The summed E-state index contributed by atoms with van der Waals surface area (Å²) in [6, 6.07) is -1.04. The second kappa shape index (κ2) is 4.91. The molecule has 8 heteroatoms. The average molecular weight is 223 g/mol. The molecule has 14 heavy (non-hydrogen) atoms. The van der Waals surface area contributed by atoms with Crippen molar-refractivity contribution in [1.82, 2.24) is 4.72 Å². The standard InChI is InChI=1S/C6H13N3O4S/c1-14(12,13)9-6(11)4(7)2-3-5(8)10/h4H,2-3,7H2,1H3,(H2,8,10)(H,9,11)/t4-/m0/s1. The highest BCUT2D eigenvalue weighted by molar-refractivity contribution is 7.89. The number of hydrogen-bond acceptors (Lipinski definition) is 5. The van der Waals surface area contributed by atoms with Crippen molar-refractivity contribution in [3.8, 4) is 0 Å². The summed E-state index contributed by atoms with van der Waals surface area (Å²) >= 11 is 0. The zero-order valence-electron chi connectivity index (χ0n) is 7.69. The van der Waals surface area contributed by atoms with Crippen molar-refractivity contribution < 1.29 is 18.0 Å². The summed E-state index contributed by atoms with van der Waals surface area (Å²) in [5, 5.41) is 0. The number of hydrogen-bond donors (Lipinski definition) is 3. The quantitative estimate of drug-likeness (QED) is 0.480. The lowest BCUT2D eigenvalue weighted by Gasteiger charge is -2.09. The first kappa shape index (κ1) is 12.8. The van der Waals surface area contributed by atoms with E-state index in [1.165, 1.54) is 0 Å².